The van der Waals surface area contributed by atoms with E-state index in [4.69, 9.17) is 14.7 Å². The van der Waals surface area contributed by atoms with Gasteiger partial charge in [-0.1, -0.05) is 13.8 Å². The van der Waals surface area contributed by atoms with Crippen LogP contribution in [0, 0.1) is 11.2 Å². The summed E-state index contributed by atoms with van der Waals surface area (Å²) >= 11 is 0. The second-order valence-corrected chi connectivity index (χ2v) is 8.26. The molecule has 1 aromatic carbocycles. The minimum atomic E-state index is -0.319. The summed E-state index contributed by atoms with van der Waals surface area (Å²) in [6.45, 7) is 4.75. The van der Waals surface area contributed by atoms with Gasteiger partial charge in [0, 0.05) is 49.8 Å². The maximum Gasteiger partial charge on any atom is 0.223 e. The van der Waals surface area contributed by atoms with Gasteiger partial charge < -0.3 is 15.2 Å². The highest BCUT2D eigenvalue weighted by Gasteiger charge is 2.21. The quantitative estimate of drug-likeness (QED) is 0.436. The van der Waals surface area contributed by atoms with Crippen LogP contribution in [0.5, 0.6) is 0 Å². The van der Waals surface area contributed by atoms with Crippen LogP contribution in [0.4, 0.5) is 10.3 Å². The van der Waals surface area contributed by atoms with E-state index in [9.17, 15) is 9.50 Å². The Balaban J connectivity index is 1.86. The third-order valence-electron chi connectivity index (χ3n) is 5.07. The number of aromatic nitrogens is 5. The van der Waals surface area contributed by atoms with E-state index in [0.29, 0.717) is 41.8 Å². The standard InChI is InChI=1S/C23H25FN6O2/c1-23(2,14-31)13-27-22-26-9-8-17(28-22)20-19(15-4-6-16(24)7-5-15)29-21-18(12-32-3)25-10-11-30(20)21/h4-11,31H,12-14H2,1-3H3,(H,26,27,28). The second kappa shape index (κ2) is 8.97. The molecule has 0 saturated heterocycles. The zero-order valence-corrected chi connectivity index (χ0v) is 18.2. The van der Waals surface area contributed by atoms with Crippen molar-refractivity contribution in [2.75, 3.05) is 25.6 Å². The fraction of sp³-hybridized carbons (Fsp3) is 0.304. The molecule has 3 heterocycles. The number of aliphatic hydroxyl groups excluding tert-OH is 1. The molecular formula is C23H25FN6O2. The topological polar surface area (TPSA) is 97.5 Å². The van der Waals surface area contributed by atoms with Crippen LogP contribution in [-0.2, 0) is 11.3 Å². The summed E-state index contributed by atoms with van der Waals surface area (Å²) in [5.41, 5.74) is 3.78. The summed E-state index contributed by atoms with van der Waals surface area (Å²) in [6.07, 6.45) is 5.17. The molecule has 0 amide bonds. The summed E-state index contributed by atoms with van der Waals surface area (Å²) < 4.78 is 20.8. The van der Waals surface area contributed by atoms with Gasteiger partial charge in [-0.05, 0) is 30.3 Å². The fourth-order valence-electron chi connectivity index (χ4n) is 3.27. The minimum Gasteiger partial charge on any atom is -0.396 e. The molecule has 0 aliphatic rings. The Morgan fingerprint density at radius 3 is 2.59 bits per heavy atom. The zero-order valence-electron chi connectivity index (χ0n) is 18.2. The van der Waals surface area contributed by atoms with Crippen LogP contribution < -0.4 is 5.32 Å². The first-order chi connectivity index (χ1) is 15.4. The highest BCUT2D eigenvalue weighted by atomic mass is 19.1. The highest BCUT2D eigenvalue weighted by Crippen LogP contribution is 2.33. The number of fused-ring (bicyclic) bond motifs is 1. The van der Waals surface area contributed by atoms with Crippen LogP contribution in [0.3, 0.4) is 0 Å². The second-order valence-electron chi connectivity index (χ2n) is 8.26. The van der Waals surface area contributed by atoms with Gasteiger partial charge >= 0.3 is 0 Å². The van der Waals surface area contributed by atoms with Crippen molar-refractivity contribution < 1.29 is 14.2 Å². The van der Waals surface area contributed by atoms with E-state index in [1.807, 2.05) is 24.4 Å². The number of ether oxygens (including phenoxy) is 1. The maximum atomic E-state index is 13.6. The first-order valence-corrected chi connectivity index (χ1v) is 10.2. The summed E-state index contributed by atoms with van der Waals surface area (Å²) in [6, 6.07) is 7.99. The molecule has 0 radical (unpaired) electrons. The molecule has 4 rings (SSSR count). The van der Waals surface area contributed by atoms with Crippen LogP contribution in [0.1, 0.15) is 19.5 Å². The number of aliphatic hydroxyl groups is 1. The van der Waals surface area contributed by atoms with Gasteiger partial charge in [0.05, 0.1) is 23.7 Å². The molecule has 0 aliphatic heterocycles. The van der Waals surface area contributed by atoms with E-state index < -0.39 is 0 Å². The number of halogens is 1. The summed E-state index contributed by atoms with van der Waals surface area (Å²) in [5.74, 6) is 0.121. The lowest BCUT2D eigenvalue weighted by Gasteiger charge is -2.21. The number of nitrogens with zero attached hydrogens (tertiary/aromatic N) is 5. The van der Waals surface area contributed by atoms with Crippen LogP contribution in [0.25, 0.3) is 28.3 Å². The number of rotatable bonds is 8. The first-order valence-electron chi connectivity index (χ1n) is 10.2. The molecule has 0 atom stereocenters. The smallest absolute Gasteiger partial charge is 0.223 e. The van der Waals surface area contributed by atoms with Crippen molar-refractivity contribution >= 4 is 11.6 Å². The Labute approximate surface area is 185 Å². The summed E-state index contributed by atoms with van der Waals surface area (Å²) in [4.78, 5) is 18.2. The number of methoxy groups -OCH3 is 1. The van der Waals surface area contributed by atoms with Gasteiger partial charge in [-0.2, -0.15) is 0 Å². The lowest BCUT2D eigenvalue weighted by Crippen LogP contribution is -2.27. The number of nitrogens with one attached hydrogen (secondary N) is 1. The van der Waals surface area contributed by atoms with Gasteiger partial charge in [-0.3, -0.25) is 9.38 Å². The molecule has 0 saturated carbocycles. The van der Waals surface area contributed by atoms with E-state index in [1.165, 1.54) is 12.1 Å². The van der Waals surface area contributed by atoms with Crippen molar-refractivity contribution in [3.05, 3.63) is 60.4 Å². The number of benzene rings is 1. The molecule has 32 heavy (non-hydrogen) atoms. The van der Waals surface area contributed by atoms with Crippen LogP contribution in [-0.4, -0.2) is 49.7 Å². The van der Waals surface area contributed by atoms with E-state index in [2.05, 4.69) is 15.3 Å². The average Bonchev–Trinajstić information content (AvgIpc) is 3.19. The predicted octanol–water partition coefficient (Wildman–Crippen LogP) is 3.57. The SMILES string of the molecule is COCc1nccn2c(-c3ccnc(NCC(C)(C)CO)n3)c(-c3ccc(F)cc3)nc12. The Kier molecular flexibility index (Phi) is 6.11. The van der Waals surface area contributed by atoms with Crippen molar-refractivity contribution in [2.24, 2.45) is 5.41 Å². The first kappa shape index (κ1) is 21.8. The molecule has 0 bridgehead atoms. The molecule has 2 N–H and O–H groups in total. The largest absolute Gasteiger partial charge is 0.396 e. The van der Waals surface area contributed by atoms with Crippen molar-refractivity contribution in [2.45, 2.75) is 20.5 Å². The molecule has 0 fully saturated rings. The van der Waals surface area contributed by atoms with Crippen LogP contribution in [0.15, 0.2) is 48.9 Å². The van der Waals surface area contributed by atoms with Gasteiger partial charge in [-0.15, -0.1) is 0 Å². The van der Waals surface area contributed by atoms with Crippen LogP contribution in [0.2, 0.25) is 0 Å². The molecule has 0 aliphatic carbocycles. The number of anilines is 1. The minimum absolute atomic E-state index is 0.0386. The molecule has 8 nitrogen and oxygen atoms in total. The van der Waals surface area contributed by atoms with Crippen molar-refractivity contribution in [1.82, 2.24) is 24.3 Å². The Hall–Kier alpha value is -3.43. The Morgan fingerprint density at radius 1 is 1.09 bits per heavy atom. The normalized spacial score (nSPS) is 11.8. The van der Waals surface area contributed by atoms with Gasteiger partial charge in [0.15, 0.2) is 5.65 Å². The molecule has 9 heteroatoms. The molecule has 4 aromatic rings. The van der Waals surface area contributed by atoms with E-state index in [1.54, 1.807) is 37.7 Å². The van der Waals surface area contributed by atoms with Gasteiger partial charge in [0.2, 0.25) is 5.95 Å². The molecule has 0 spiro atoms. The third-order valence-corrected chi connectivity index (χ3v) is 5.07. The van der Waals surface area contributed by atoms with E-state index in [0.717, 1.165) is 11.3 Å². The molecule has 3 aromatic heterocycles. The highest BCUT2D eigenvalue weighted by molar-refractivity contribution is 5.81. The lowest BCUT2D eigenvalue weighted by molar-refractivity contribution is 0.170. The Bertz CT molecular complexity index is 1220. The summed E-state index contributed by atoms with van der Waals surface area (Å²) in [5, 5.41) is 12.7. The molecule has 166 valence electrons. The van der Waals surface area contributed by atoms with Crippen molar-refractivity contribution in [3.8, 4) is 22.6 Å². The zero-order chi connectivity index (χ0) is 22.7. The molecular weight excluding hydrogens is 411 g/mol. The Morgan fingerprint density at radius 2 is 1.88 bits per heavy atom. The van der Waals surface area contributed by atoms with Gasteiger partial charge in [0.25, 0.3) is 0 Å². The fourth-order valence-corrected chi connectivity index (χ4v) is 3.27. The summed E-state index contributed by atoms with van der Waals surface area (Å²) in [7, 11) is 1.60. The van der Waals surface area contributed by atoms with E-state index >= 15 is 0 Å². The molecule has 0 unspecified atom stereocenters. The van der Waals surface area contributed by atoms with Crippen molar-refractivity contribution in [3.63, 3.8) is 0 Å². The monoisotopic (exact) mass is 436 g/mol. The van der Waals surface area contributed by atoms with Crippen molar-refractivity contribution in [1.29, 1.82) is 0 Å². The van der Waals surface area contributed by atoms with Crippen LogP contribution >= 0.6 is 0 Å². The number of hydrogen-bond acceptors (Lipinski definition) is 7. The third kappa shape index (κ3) is 4.44. The average molecular weight is 436 g/mol. The van der Waals surface area contributed by atoms with Gasteiger partial charge in [-0.25, -0.2) is 19.3 Å². The lowest BCUT2D eigenvalue weighted by atomic mass is 9.95. The van der Waals surface area contributed by atoms with E-state index in [-0.39, 0.29) is 17.8 Å². The number of imidazole rings is 1. The van der Waals surface area contributed by atoms with Gasteiger partial charge in [0.1, 0.15) is 11.5 Å². The number of hydrogen-bond donors (Lipinski definition) is 2. The predicted molar refractivity (Wildman–Crippen MR) is 119 cm³/mol. The maximum absolute atomic E-state index is 13.6.